The summed E-state index contributed by atoms with van der Waals surface area (Å²) in [5.41, 5.74) is 2.57. The number of nitrogens with one attached hydrogen (secondary N) is 3. The first kappa shape index (κ1) is 19.7. The number of amides is 3. The van der Waals surface area contributed by atoms with Crippen LogP contribution in [-0.2, 0) is 24.3 Å². The van der Waals surface area contributed by atoms with Crippen molar-refractivity contribution in [2.45, 2.75) is 38.5 Å². The van der Waals surface area contributed by atoms with Crippen molar-refractivity contribution in [1.82, 2.24) is 20.4 Å². The molecule has 0 spiro atoms. The third kappa shape index (κ3) is 4.68. The lowest BCUT2D eigenvalue weighted by Crippen LogP contribution is -2.32. The van der Waals surface area contributed by atoms with Gasteiger partial charge in [-0.1, -0.05) is 11.6 Å². The van der Waals surface area contributed by atoms with E-state index in [2.05, 4.69) is 21.0 Å². The molecule has 1 fully saturated rings. The number of carbonyl (C=O) groups is 2. The van der Waals surface area contributed by atoms with E-state index in [1.807, 2.05) is 0 Å². The molecular formula is C19H21ClFN5O3. The Bertz CT molecular complexity index is 944. The number of hydrogen-bond donors (Lipinski definition) is 3. The van der Waals surface area contributed by atoms with E-state index in [0.29, 0.717) is 44.1 Å². The third-order valence-corrected chi connectivity index (χ3v) is 5.10. The van der Waals surface area contributed by atoms with Crippen LogP contribution >= 0.6 is 11.6 Å². The average molecular weight is 422 g/mol. The fourth-order valence-corrected chi connectivity index (χ4v) is 3.36. The maximum Gasteiger partial charge on any atom is 0.319 e. The molecule has 2 heterocycles. The Balaban J connectivity index is 1.36. The molecule has 1 aliphatic heterocycles. The maximum atomic E-state index is 13.2. The zero-order valence-electron chi connectivity index (χ0n) is 15.6. The summed E-state index contributed by atoms with van der Waals surface area (Å²) in [4.78, 5) is 24.5. The number of rotatable bonds is 6. The number of urea groups is 1. The molecule has 8 nitrogen and oxygen atoms in total. The lowest BCUT2D eigenvalue weighted by atomic mass is 10.1. The molecule has 3 amide bonds. The van der Waals surface area contributed by atoms with Gasteiger partial charge in [-0.3, -0.25) is 9.48 Å². The molecule has 0 atom stereocenters. The number of hydrogen-bond acceptors (Lipinski definition) is 4. The van der Waals surface area contributed by atoms with Crippen molar-refractivity contribution in [3.05, 3.63) is 46.0 Å². The molecule has 154 valence electrons. The highest BCUT2D eigenvalue weighted by atomic mass is 35.5. The maximum absolute atomic E-state index is 13.2. The van der Waals surface area contributed by atoms with Crippen LogP contribution in [0.1, 0.15) is 34.6 Å². The van der Waals surface area contributed by atoms with Crippen molar-refractivity contribution in [1.29, 1.82) is 0 Å². The summed E-state index contributed by atoms with van der Waals surface area (Å²) in [5, 5.41) is 12.7. The molecule has 4 rings (SSSR count). The van der Waals surface area contributed by atoms with Crippen LogP contribution in [-0.4, -0.2) is 40.9 Å². The Labute approximate surface area is 171 Å². The summed E-state index contributed by atoms with van der Waals surface area (Å²) < 4.78 is 20.4. The molecule has 0 bridgehead atoms. The van der Waals surface area contributed by atoms with Gasteiger partial charge in [-0.05, 0) is 31.0 Å². The highest BCUT2D eigenvalue weighted by Crippen LogP contribution is 2.24. The molecule has 10 heteroatoms. The number of ether oxygens (including phenoxy) is 1. The molecule has 2 aliphatic rings. The molecule has 2 aromatic rings. The standard InChI is InChI=1S/C19H21ClFN5O3/c20-14-9-12(3-4-15(14)21)24-19(28)22-6-7-26-16-5-8-29-10-13(16)17(25-26)18(27)23-11-1-2-11/h3-4,9,11H,1-2,5-8,10H2,(H,23,27)(H2,22,24,28). The van der Waals surface area contributed by atoms with Crippen molar-refractivity contribution < 1.29 is 18.7 Å². The molecule has 1 aromatic heterocycles. The minimum atomic E-state index is -0.549. The normalized spacial score (nSPS) is 15.5. The largest absolute Gasteiger partial charge is 0.376 e. The molecular weight excluding hydrogens is 401 g/mol. The summed E-state index contributed by atoms with van der Waals surface area (Å²) in [7, 11) is 0. The van der Waals surface area contributed by atoms with Gasteiger partial charge in [0.05, 0.1) is 24.8 Å². The number of aromatic nitrogens is 2. The van der Waals surface area contributed by atoms with E-state index in [-0.39, 0.29) is 17.0 Å². The molecule has 0 radical (unpaired) electrons. The first-order valence-corrected chi connectivity index (χ1v) is 9.86. The van der Waals surface area contributed by atoms with Crippen LogP contribution in [0.15, 0.2) is 18.2 Å². The van der Waals surface area contributed by atoms with Crippen LogP contribution < -0.4 is 16.0 Å². The highest BCUT2D eigenvalue weighted by molar-refractivity contribution is 6.31. The van der Waals surface area contributed by atoms with Gasteiger partial charge in [0.25, 0.3) is 5.91 Å². The van der Waals surface area contributed by atoms with Crippen molar-refractivity contribution >= 4 is 29.2 Å². The Morgan fingerprint density at radius 3 is 2.93 bits per heavy atom. The molecule has 0 saturated heterocycles. The van der Waals surface area contributed by atoms with Crippen molar-refractivity contribution in [2.75, 3.05) is 18.5 Å². The molecule has 3 N–H and O–H groups in total. The van der Waals surface area contributed by atoms with Crippen molar-refractivity contribution in [3.63, 3.8) is 0 Å². The van der Waals surface area contributed by atoms with E-state index in [9.17, 15) is 14.0 Å². The number of nitrogens with zero attached hydrogens (tertiary/aromatic N) is 2. The van der Waals surface area contributed by atoms with Gasteiger partial charge in [0.1, 0.15) is 5.82 Å². The molecule has 1 aromatic carbocycles. The second kappa shape index (κ2) is 8.38. The zero-order valence-corrected chi connectivity index (χ0v) is 16.4. The van der Waals surface area contributed by atoms with Gasteiger partial charge < -0.3 is 20.7 Å². The average Bonchev–Trinajstić information content (AvgIpc) is 3.44. The number of benzene rings is 1. The predicted octanol–water partition coefficient (Wildman–Crippen LogP) is 2.46. The fourth-order valence-electron chi connectivity index (χ4n) is 3.18. The molecule has 1 saturated carbocycles. The predicted molar refractivity (Wildman–Crippen MR) is 105 cm³/mol. The van der Waals surface area contributed by atoms with E-state index >= 15 is 0 Å². The van der Waals surface area contributed by atoms with Gasteiger partial charge >= 0.3 is 6.03 Å². The SMILES string of the molecule is O=C(NCCn1nc(C(=O)NC2CC2)c2c1CCOC2)Nc1ccc(F)c(Cl)c1. The first-order valence-electron chi connectivity index (χ1n) is 9.48. The van der Waals surface area contributed by atoms with Crippen LogP contribution in [0.4, 0.5) is 14.9 Å². The Morgan fingerprint density at radius 1 is 1.34 bits per heavy atom. The summed E-state index contributed by atoms with van der Waals surface area (Å²) in [6.45, 7) is 1.65. The van der Waals surface area contributed by atoms with Crippen LogP contribution in [0.25, 0.3) is 0 Å². The van der Waals surface area contributed by atoms with Gasteiger partial charge in [-0.25, -0.2) is 9.18 Å². The topological polar surface area (TPSA) is 97.3 Å². The lowest BCUT2D eigenvalue weighted by Gasteiger charge is -2.15. The third-order valence-electron chi connectivity index (χ3n) is 4.81. The summed E-state index contributed by atoms with van der Waals surface area (Å²) >= 11 is 5.71. The van der Waals surface area contributed by atoms with Crippen LogP contribution in [0.5, 0.6) is 0 Å². The quantitative estimate of drug-likeness (QED) is 0.667. The zero-order chi connectivity index (χ0) is 20.4. The van der Waals surface area contributed by atoms with Gasteiger partial charge in [-0.2, -0.15) is 5.10 Å². The van der Waals surface area contributed by atoms with Crippen molar-refractivity contribution in [2.24, 2.45) is 0 Å². The Kier molecular flexibility index (Phi) is 5.68. The second-order valence-corrected chi connectivity index (χ2v) is 7.46. The number of anilines is 1. The number of carbonyl (C=O) groups excluding carboxylic acids is 2. The van der Waals surface area contributed by atoms with Crippen LogP contribution in [0.2, 0.25) is 5.02 Å². The van der Waals surface area contributed by atoms with Gasteiger partial charge in [0, 0.05) is 36.0 Å². The van der Waals surface area contributed by atoms with Crippen LogP contribution in [0.3, 0.4) is 0 Å². The van der Waals surface area contributed by atoms with Crippen molar-refractivity contribution in [3.8, 4) is 0 Å². The van der Waals surface area contributed by atoms with E-state index < -0.39 is 11.8 Å². The minimum absolute atomic E-state index is 0.0646. The first-order chi connectivity index (χ1) is 14.0. The summed E-state index contributed by atoms with van der Waals surface area (Å²) in [6, 6.07) is 3.76. The van der Waals surface area contributed by atoms with Gasteiger partial charge in [0.15, 0.2) is 5.69 Å². The molecule has 1 aliphatic carbocycles. The lowest BCUT2D eigenvalue weighted by molar-refractivity contribution is 0.0922. The van der Waals surface area contributed by atoms with Crippen LogP contribution in [0, 0.1) is 5.82 Å². The Hall–Kier alpha value is -2.65. The number of fused-ring (bicyclic) bond motifs is 1. The highest BCUT2D eigenvalue weighted by Gasteiger charge is 2.29. The Morgan fingerprint density at radius 2 is 2.17 bits per heavy atom. The van der Waals surface area contributed by atoms with E-state index in [0.717, 1.165) is 24.1 Å². The molecule has 0 unspecified atom stereocenters. The number of halogens is 2. The van der Waals surface area contributed by atoms with E-state index in [1.165, 1.54) is 18.2 Å². The summed E-state index contributed by atoms with van der Waals surface area (Å²) in [5.74, 6) is -0.724. The molecule has 29 heavy (non-hydrogen) atoms. The van der Waals surface area contributed by atoms with E-state index in [4.69, 9.17) is 16.3 Å². The van der Waals surface area contributed by atoms with Gasteiger partial charge in [0.2, 0.25) is 0 Å². The minimum Gasteiger partial charge on any atom is -0.376 e. The van der Waals surface area contributed by atoms with E-state index in [1.54, 1.807) is 4.68 Å². The fraction of sp³-hybridized carbons (Fsp3) is 0.421. The van der Waals surface area contributed by atoms with Gasteiger partial charge in [-0.15, -0.1) is 0 Å². The second-order valence-electron chi connectivity index (χ2n) is 7.06. The summed E-state index contributed by atoms with van der Waals surface area (Å²) in [6.07, 6.45) is 2.67. The smallest absolute Gasteiger partial charge is 0.319 e. The monoisotopic (exact) mass is 421 g/mol.